The second kappa shape index (κ2) is 4.62. The maximum Gasteiger partial charge on any atom is 0.511 e. The second-order valence-corrected chi connectivity index (χ2v) is 3.22. The van der Waals surface area contributed by atoms with E-state index in [1.807, 2.05) is 0 Å². The van der Waals surface area contributed by atoms with Gasteiger partial charge in [0.2, 0.25) is 6.79 Å². The summed E-state index contributed by atoms with van der Waals surface area (Å²) < 4.78 is 14.4. The first kappa shape index (κ1) is 11.7. The molecule has 1 aromatic carbocycles. The summed E-state index contributed by atoms with van der Waals surface area (Å²) in [5.74, 6) is 0.111. The molecule has 1 N–H and O–H groups in total. The van der Waals surface area contributed by atoms with Crippen LogP contribution in [0.1, 0.15) is 5.56 Å². The van der Waals surface area contributed by atoms with E-state index < -0.39 is 11.1 Å². The Bertz CT molecular complexity index is 537. The molecular formula is C10H7NO7. The maximum absolute atomic E-state index is 10.7. The first-order valence-electron chi connectivity index (χ1n) is 4.72. The first-order chi connectivity index (χ1) is 8.58. The third kappa shape index (κ3) is 2.32. The summed E-state index contributed by atoms with van der Waals surface area (Å²) in [4.78, 5) is 20.6. The monoisotopic (exact) mass is 253 g/mol. The Kier molecular flexibility index (Phi) is 3.00. The van der Waals surface area contributed by atoms with Gasteiger partial charge < -0.3 is 19.3 Å². The van der Waals surface area contributed by atoms with E-state index in [0.29, 0.717) is 0 Å². The fraction of sp³-hybridized carbons (Fsp3) is 0.100. The molecule has 1 aromatic rings. The average molecular weight is 253 g/mol. The Morgan fingerprint density at radius 3 is 2.83 bits per heavy atom. The third-order valence-corrected chi connectivity index (χ3v) is 2.11. The molecule has 0 aromatic heterocycles. The highest BCUT2D eigenvalue weighted by molar-refractivity contribution is 5.72. The van der Waals surface area contributed by atoms with Crippen LogP contribution in [-0.2, 0) is 9.47 Å². The lowest BCUT2D eigenvalue weighted by Gasteiger charge is -2.07. The number of nitrogens with zero attached hydrogens (tertiary/aromatic N) is 1. The molecule has 0 bridgehead atoms. The molecule has 18 heavy (non-hydrogen) atoms. The highest BCUT2D eigenvalue weighted by Crippen LogP contribution is 2.32. The predicted molar refractivity (Wildman–Crippen MR) is 56.8 cm³/mol. The molecule has 0 amide bonds. The van der Waals surface area contributed by atoms with Crippen molar-refractivity contribution in [2.75, 3.05) is 6.79 Å². The summed E-state index contributed by atoms with van der Waals surface area (Å²) in [6, 6.07) is 3.47. The van der Waals surface area contributed by atoms with Gasteiger partial charge in [-0.1, -0.05) is 0 Å². The Hall–Kier alpha value is -2.77. The number of non-ortho nitro benzene ring substituents is 1. The van der Waals surface area contributed by atoms with Crippen LogP contribution in [0.5, 0.6) is 5.75 Å². The summed E-state index contributed by atoms with van der Waals surface area (Å²) in [6.07, 6.45) is -0.294. The van der Waals surface area contributed by atoms with E-state index in [1.54, 1.807) is 0 Å². The van der Waals surface area contributed by atoms with E-state index in [-0.39, 0.29) is 29.6 Å². The van der Waals surface area contributed by atoms with Crippen LogP contribution in [-0.4, -0.2) is 23.0 Å². The minimum Gasteiger partial charge on any atom is -0.461 e. The minimum atomic E-state index is -1.52. The fourth-order valence-corrected chi connectivity index (χ4v) is 1.39. The van der Waals surface area contributed by atoms with Crippen molar-refractivity contribution >= 4 is 17.6 Å². The van der Waals surface area contributed by atoms with Crippen LogP contribution in [0.25, 0.3) is 5.76 Å². The third-order valence-electron chi connectivity index (χ3n) is 2.11. The molecule has 8 nitrogen and oxygen atoms in total. The number of hydrogen-bond donors (Lipinski definition) is 1. The Morgan fingerprint density at radius 2 is 2.28 bits per heavy atom. The van der Waals surface area contributed by atoms with Crippen molar-refractivity contribution in [2.45, 2.75) is 0 Å². The van der Waals surface area contributed by atoms with Crippen molar-refractivity contribution < 1.29 is 29.0 Å². The highest BCUT2D eigenvalue weighted by Gasteiger charge is 2.20. The van der Waals surface area contributed by atoms with Crippen LogP contribution >= 0.6 is 0 Å². The normalized spacial score (nSPS) is 13.2. The highest BCUT2D eigenvalue weighted by atomic mass is 16.7. The molecule has 94 valence electrons. The molecule has 0 fully saturated rings. The molecular weight excluding hydrogens is 246 g/mol. The van der Waals surface area contributed by atoms with Gasteiger partial charge in [-0.25, -0.2) is 4.79 Å². The van der Waals surface area contributed by atoms with E-state index in [4.69, 9.17) is 14.6 Å². The molecule has 0 radical (unpaired) electrons. The molecule has 1 aliphatic rings. The van der Waals surface area contributed by atoms with Gasteiger partial charge in [0.25, 0.3) is 5.69 Å². The number of ether oxygens (including phenoxy) is 3. The van der Waals surface area contributed by atoms with Gasteiger partial charge in [-0.05, 0) is 6.07 Å². The Balaban J connectivity index is 2.45. The van der Waals surface area contributed by atoms with E-state index >= 15 is 0 Å². The van der Waals surface area contributed by atoms with Crippen molar-refractivity contribution in [3.8, 4) is 5.75 Å². The number of hydrogen-bond acceptors (Lipinski definition) is 6. The van der Waals surface area contributed by atoms with Crippen LogP contribution < -0.4 is 4.74 Å². The number of nitro benzene ring substituents is 1. The van der Waals surface area contributed by atoms with Crippen LogP contribution in [0.15, 0.2) is 24.5 Å². The zero-order valence-electron chi connectivity index (χ0n) is 8.86. The summed E-state index contributed by atoms with van der Waals surface area (Å²) in [6.45, 7) is -0.0372. The second-order valence-electron chi connectivity index (χ2n) is 3.22. The molecule has 1 heterocycles. The standard InChI is InChI=1S/C10H7NO7/c12-10(13)18-8-2-1-6(11(14)15)3-7(8)9-4-16-5-17-9/h1-4H,5H2,(H,12,13). The van der Waals surface area contributed by atoms with Gasteiger partial charge >= 0.3 is 6.16 Å². The predicted octanol–water partition coefficient (Wildman–Crippen LogP) is 1.95. The van der Waals surface area contributed by atoms with E-state index in [9.17, 15) is 14.9 Å². The largest absolute Gasteiger partial charge is 0.511 e. The number of benzene rings is 1. The van der Waals surface area contributed by atoms with E-state index in [2.05, 4.69) is 4.74 Å². The Morgan fingerprint density at radius 1 is 1.50 bits per heavy atom. The minimum absolute atomic E-state index is 0.0372. The molecule has 0 saturated heterocycles. The number of rotatable bonds is 3. The van der Waals surface area contributed by atoms with Gasteiger partial charge in [0.1, 0.15) is 12.0 Å². The molecule has 1 aliphatic heterocycles. The van der Waals surface area contributed by atoms with Crippen molar-refractivity contribution in [3.63, 3.8) is 0 Å². The van der Waals surface area contributed by atoms with Gasteiger partial charge in [-0.3, -0.25) is 10.1 Å². The summed E-state index contributed by atoms with van der Waals surface area (Å²) in [5.41, 5.74) is -0.0664. The van der Waals surface area contributed by atoms with Crippen molar-refractivity contribution in [3.05, 3.63) is 40.1 Å². The zero-order valence-corrected chi connectivity index (χ0v) is 8.86. The van der Waals surface area contributed by atoms with Gasteiger partial charge in [0.15, 0.2) is 5.76 Å². The number of carboxylic acid groups (broad SMARTS) is 1. The van der Waals surface area contributed by atoms with Crippen LogP contribution in [0.2, 0.25) is 0 Å². The molecule has 0 spiro atoms. The molecule has 0 unspecified atom stereocenters. The average Bonchev–Trinajstić information content (AvgIpc) is 2.81. The quantitative estimate of drug-likeness (QED) is 0.379. The fourth-order valence-electron chi connectivity index (χ4n) is 1.39. The van der Waals surface area contributed by atoms with Crippen molar-refractivity contribution in [2.24, 2.45) is 0 Å². The van der Waals surface area contributed by atoms with E-state index in [1.165, 1.54) is 12.3 Å². The molecule has 8 heteroatoms. The molecule has 0 atom stereocenters. The SMILES string of the molecule is O=C(O)Oc1ccc([N+](=O)[O-])cc1C1=COCO1. The lowest BCUT2D eigenvalue weighted by atomic mass is 10.1. The lowest BCUT2D eigenvalue weighted by molar-refractivity contribution is -0.384. The van der Waals surface area contributed by atoms with Crippen LogP contribution in [0.4, 0.5) is 10.5 Å². The van der Waals surface area contributed by atoms with Crippen molar-refractivity contribution in [1.29, 1.82) is 0 Å². The summed E-state index contributed by atoms with van der Waals surface area (Å²) >= 11 is 0. The summed E-state index contributed by atoms with van der Waals surface area (Å²) in [7, 11) is 0. The number of nitro groups is 1. The molecule has 0 aliphatic carbocycles. The maximum atomic E-state index is 10.7. The summed E-state index contributed by atoms with van der Waals surface area (Å²) in [5, 5.41) is 19.2. The van der Waals surface area contributed by atoms with Gasteiger partial charge in [-0.15, -0.1) is 0 Å². The van der Waals surface area contributed by atoms with Crippen LogP contribution in [0, 0.1) is 10.1 Å². The first-order valence-corrected chi connectivity index (χ1v) is 4.72. The zero-order chi connectivity index (χ0) is 13.1. The topological polar surface area (TPSA) is 108 Å². The van der Waals surface area contributed by atoms with Gasteiger partial charge in [0.05, 0.1) is 10.5 Å². The van der Waals surface area contributed by atoms with Gasteiger partial charge in [-0.2, -0.15) is 0 Å². The number of carbonyl (C=O) groups is 1. The van der Waals surface area contributed by atoms with E-state index in [0.717, 1.165) is 12.1 Å². The lowest BCUT2D eigenvalue weighted by Crippen LogP contribution is -2.05. The Labute approximate surface area is 100 Å². The van der Waals surface area contributed by atoms with Crippen molar-refractivity contribution in [1.82, 2.24) is 0 Å². The molecule has 2 rings (SSSR count). The van der Waals surface area contributed by atoms with Gasteiger partial charge in [0, 0.05) is 12.1 Å². The molecule has 0 saturated carbocycles. The smallest absolute Gasteiger partial charge is 0.461 e. The van der Waals surface area contributed by atoms with Crippen LogP contribution in [0.3, 0.4) is 0 Å².